The van der Waals surface area contributed by atoms with Gasteiger partial charge in [0.1, 0.15) is 12.2 Å². The first-order valence-electron chi connectivity index (χ1n) is 7.86. The number of nitrogens with two attached hydrogens (primary N) is 1. The van der Waals surface area contributed by atoms with Crippen LogP contribution in [0.25, 0.3) is 0 Å². The van der Waals surface area contributed by atoms with Crippen molar-refractivity contribution in [1.82, 2.24) is 14.8 Å². The molecule has 0 aliphatic heterocycles. The third kappa shape index (κ3) is 3.78. The number of rotatable bonds is 6. The Labute approximate surface area is 116 Å². The summed E-state index contributed by atoms with van der Waals surface area (Å²) in [6.45, 7) is 5.42. The molecular formula is C15H28N4. The van der Waals surface area contributed by atoms with Gasteiger partial charge in [0.2, 0.25) is 0 Å². The van der Waals surface area contributed by atoms with Gasteiger partial charge in [0.05, 0.1) is 0 Å². The van der Waals surface area contributed by atoms with Gasteiger partial charge in [-0.05, 0) is 37.5 Å². The Balaban J connectivity index is 1.97. The van der Waals surface area contributed by atoms with Crippen LogP contribution >= 0.6 is 0 Å². The van der Waals surface area contributed by atoms with E-state index in [1.54, 1.807) is 6.33 Å². The summed E-state index contributed by atoms with van der Waals surface area (Å²) in [5.74, 6) is 2.59. The van der Waals surface area contributed by atoms with Crippen molar-refractivity contribution < 1.29 is 0 Å². The van der Waals surface area contributed by atoms with Gasteiger partial charge in [-0.1, -0.05) is 26.7 Å². The standard InChI is InChI=1S/C15H28N4/c1-3-5-12-6-7-14(16)13(9-12)10-15-17-11-18-19(15)8-4-2/h11-14H,3-10,16H2,1-2H3. The van der Waals surface area contributed by atoms with Crippen LogP contribution in [-0.2, 0) is 13.0 Å². The molecule has 2 N–H and O–H groups in total. The Bertz CT molecular complexity index is 374. The summed E-state index contributed by atoms with van der Waals surface area (Å²) in [6, 6.07) is 0.347. The van der Waals surface area contributed by atoms with E-state index >= 15 is 0 Å². The third-order valence-electron chi connectivity index (χ3n) is 4.42. The zero-order chi connectivity index (χ0) is 13.7. The average Bonchev–Trinajstić information content (AvgIpc) is 2.82. The molecule has 1 saturated carbocycles. The number of hydrogen-bond donors (Lipinski definition) is 1. The molecule has 19 heavy (non-hydrogen) atoms. The fourth-order valence-electron chi connectivity index (χ4n) is 3.37. The Morgan fingerprint density at radius 2 is 2.16 bits per heavy atom. The van der Waals surface area contributed by atoms with Gasteiger partial charge >= 0.3 is 0 Å². The monoisotopic (exact) mass is 264 g/mol. The second-order valence-corrected chi connectivity index (χ2v) is 6.00. The first kappa shape index (κ1) is 14.5. The van der Waals surface area contributed by atoms with E-state index in [0.29, 0.717) is 12.0 Å². The molecular weight excluding hydrogens is 236 g/mol. The minimum atomic E-state index is 0.347. The topological polar surface area (TPSA) is 56.7 Å². The van der Waals surface area contributed by atoms with Crippen LogP contribution in [0, 0.1) is 11.8 Å². The molecule has 0 saturated heterocycles. The SMILES string of the molecule is CCCC1CCC(N)C(Cc2ncnn2CCC)C1. The molecule has 0 bridgehead atoms. The van der Waals surface area contributed by atoms with E-state index in [1.165, 1.54) is 32.1 Å². The molecule has 1 fully saturated rings. The molecule has 4 nitrogen and oxygen atoms in total. The van der Waals surface area contributed by atoms with Crippen LogP contribution in [0.2, 0.25) is 0 Å². The lowest BCUT2D eigenvalue weighted by molar-refractivity contribution is 0.217. The molecule has 0 aromatic carbocycles. The van der Waals surface area contributed by atoms with Gasteiger partial charge in [-0.3, -0.25) is 4.68 Å². The van der Waals surface area contributed by atoms with Crippen molar-refractivity contribution in [3.8, 4) is 0 Å². The molecule has 2 rings (SSSR count). The van der Waals surface area contributed by atoms with Crippen LogP contribution in [0.3, 0.4) is 0 Å². The molecule has 1 heterocycles. The number of aryl methyl sites for hydroxylation is 1. The van der Waals surface area contributed by atoms with Gasteiger partial charge in [-0.25, -0.2) is 4.98 Å². The number of aromatic nitrogens is 3. The summed E-state index contributed by atoms with van der Waals surface area (Å²) in [5.41, 5.74) is 6.32. The summed E-state index contributed by atoms with van der Waals surface area (Å²) in [7, 11) is 0. The Morgan fingerprint density at radius 1 is 1.32 bits per heavy atom. The normalized spacial score (nSPS) is 27.6. The highest BCUT2D eigenvalue weighted by molar-refractivity contribution is 4.93. The van der Waals surface area contributed by atoms with Crippen LogP contribution in [0.5, 0.6) is 0 Å². The highest BCUT2D eigenvalue weighted by atomic mass is 15.3. The predicted molar refractivity (Wildman–Crippen MR) is 77.7 cm³/mol. The minimum Gasteiger partial charge on any atom is -0.327 e. The van der Waals surface area contributed by atoms with Gasteiger partial charge < -0.3 is 5.73 Å². The van der Waals surface area contributed by atoms with E-state index < -0.39 is 0 Å². The summed E-state index contributed by atoms with van der Waals surface area (Å²) in [5, 5.41) is 4.32. The van der Waals surface area contributed by atoms with Crippen molar-refractivity contribution in [1.29, 1.82) is 0 Å². The molecule has 0 radical (unpaired) electrons. The van der Waals surface area contributed by atoms with Crippen LogP contribution < -0.4 is 5.73 Å². The number of nitrogens with zero attached hydrogens (tertiary/aromatic N) is 3. The molecule has 1 aromatic heterocycles. The Morgan fingerprint density at radius 3 is 2.89 bits per heavy atom. The van der Waals surface area contributed by atoms with E-state index in [-0.39, 0.29) is 0 Å². The molecule has 1 aliphatic rings. The average molecular weight is 264 g/mol. The lowest BCUT2D eigenvalue weighted by atomic mass is 9.75. The first-order valence-corrected chi connectivity index (χ1v) is 7.86. The van der Waals surface area contributed by atoms with E-state index in [9.17, 15) is 0 Å². The highest BCUT2D eigenvalue weighted by Crippen LogP contribution is 2.32. The minimum absolute atomic E-state index is 0.347. The summed E-state index contributed by atoms with van der Waals surface area (Å²) in [4.78, 5) is 4.43. The van der Waals surface area contributed by atoms with Crippen LogP contribution in [0.15, 0.2) is 6.33 Å². The first-order chi connectivity index (χ1) is 9.24. The molecule has 0 amide bonds. The fourth-order valence-corrected chi connectivity index (χ4v) is 3.37. The van der Waals surface area contributed by atoms with E-state index in [4.69, 9.17) is 5.73 Å². The van der Waals surface area contributed by atoms with Crippen molar-refractivity contribution in [2.24, 2.45) is 17.6 Å². The zero-order valence-corrected chi connectivity index (χ0v) is 12.4. The summed E-state index contributed by atoms with van der Waals surface area (Å²) >= 11 is 0. The van der Waals surface area contributed by atoms with Gasteiger partial charge in [-0.2, -0.15) is 5.10 Å². The second kappa shape index (κ2) is 7.04. The molecule has 108 valence electrons. The van der Waals surface area contributed by atoms with Gasteiger partial charge in [0.15, 0.2) is 0 Å². The van der Waals surface area contributed by atoms with Crippen LogP contribution in [0.1, 0.15) is 58.2 Å². The third-order valence-corrected chi connectivity index (χ3v) is 4.42. The highest BCUT2D eigenvalue weighted by Gasteiger charge is 2.28. The smallest absolute Gasteiger partial charge is 0.138 e. The molecule has 4 heteroatoms. The van der Waals surface area contributed by atoms with E-state index in [1.807, 2.05) is 0 Å². The van der Waals surface area contributed by atoms with Crippen LogP contribution in [0.4, 0.5) is 0 Å². The van der Waals surface area contributed by atoms with E-state index in [0.717, 1.165) is 31.1 Å². The van der Waals surface area contributed by atoms with Crippen molar-refractivity contribution in [3.05, 3.63) is 12.2 Å². The molecule has 1 aromatic rings. The maximum absolute atomic E-state index is 6.32. The Hall–Kier alpha value is -0.900. The molecule has 3 atom stereocenters. The second-order valence-electron chi connectivity index (χ2n) is 6.00. The fraction of sp³-hybridized carbons (Fsp3) is 0.867. The maximum atomic E-state index is 6.32. The van der Waals surface area contributed by atoms with Crippen molar-refractivity contribution in [3.63, 3.8) is 0 Å². The zero-order valence-electron chi connectivity index (χ0n) is 12.4. The van der Waals surface area contributed by atoms with Gasteiger partial charge in [0, 0.05) is 19.0 Å². The quantitative estimate of drug-likeness (QED) is 0.859. The number of hydrogen-bond acceptors (Lipinski definition) is 3. The molecule has 0 spiro atoms. The maximum Gasteiger partial charge on any atom is 0.138 e. The lowest BCUT2D eigenvalue weighted by Crippen LogP contribution is -2.37. The molecule has 3 unspecified atom stereocenters. The predicted octanol–water partition coefficient (Wildman–Crippen LogP) is 2.77. The van der Waals surface area contributed by atoms with Crippen molar-refractivity contribution >= 4 is 0 Å². The summed E-state index contributed by atoms with van der Waals surface area (Å²) in [6.07, 6.45) is 10.2. The van der Waals surface area contributed by atoms with Gasteiger partial charge in [0.25, 0.3) is 0 Å². The van der Waals surface area contributed by atoms with Crippen molar-refractivity contribution in [2.45, 2.75) is 71.4 Å². The molecule has 1 aliphatic carbocycles. The van der Waals surface area contributed by atoms with Gasteiger partial charge in [-0.15, -0.1) is 0 Å². The van der Waals surface area contributed by atoms with Crippen molar-refractivity contribution in [2.75, 3.05) is 0 Å². The van der Waals surface area contributed by atoms with E-state index in [2.05, 4.69) is 28.6 Å². The largest absolute Gasteiger partial charge is 0.327 e. The summed E-state index contributed by atoms with van der Waals surface area (Å²) < 4.78 is 2.05. The lowest BCUT2D eigenvalue weighted by Gasteiger charge is -2.34. The Kier molecular flexibility index (Phi) is 5.37. The van der Waals surface area contributed by atoms with Crippen LogP contribution in [-0.4, -0.2) is 20.8 Å².